The summed E-state index contributed by atoms with van der Waals surface area (Å²) in [5, 5.41) is 40.5. The molecule has 202 valence electrons. The molecule has 11 heteroatoms. The summed E-state index contributed by atoms with van der Waals surface area (Å²) in [6, 6.07) is 5.50. The third kappa shape index (κ3) is 6.09. The predicted molar refractivity (Wildman–Crippen MR) is 141 cm³/mol. The Kier molecular flexibility index (Phi) is 7.67. The smallest absolute Gasteiger partial charge is 0.255 e. The number of aromatic nitrogens is 4. The molecule has 0 aliphatic heterocycles. The third-order valence-electron chi connectivity index (χ3n) is 7.18. The Morgan fingerprint density at radius 3 is 2.50 bits per heavy atom. The van der Waals surface area contributed by atoms with Crippen LogP contribution >= 0.6 is 0 Å². The highest BCUT2D eigenvalue weighted by molar-refractivity contribution is 5.99. The van der Waals surface area contributed by atoms with Gasteiger partial charge in [-0.05, 0) is 65.4 Å². The summed E-state index contributed by atoms with van der Waals surface area (Å²) in [7, 11) is 0. The maximum absolute atomic E-state index is 14.3. The lowest BCUT2D eigenvalue weighted by atomic mass is 9.77. The van der Waals surface area contributed by atoms with E-state index in [9.17, 15) is 19.4 Å². The second-order valence-corrected chi connectivity index (χ2v) is 11.1. The zero-order valence-corrected chi connectivity index (χ0v) is 22.1. The van der Waals surface area contributed by atoms with Crippen LogP contribution in [0.5, 0.6) is 0 Å². The number of carbonyl (C=O) groups is 1. The monoisotopic (exact) mass is 523 g/mol. The summed E-state index contributed by atoms with van der Waals surface area (Å²) in [6.45, 7) is 6.00. The number of nitrogens with one attached hydrogen (secondary N) is 2. The van der Waals surface area contributed by atoms with Crippen LogP contribution in [-0.4, -0.2) is 65.8 Å². The van der Waals surface area contributed by atoms with E-state index in [4.69, 9.17) is 5.26 Å². The second-order valence-electron chi connectivity index (χ2n) is 11.1. The first-order chi connectivity index (χ1) is 17.9. The molecular weight excluding hydrogens is 489 g/mol. The summed E-state index contributed by atoms with van der Waals surface area (Å²) in [5.41, 5.74) is -0.667. The molecule has 0 unspecified atom stereocenters. The van der Waals surface area contributed by atoms with Gasteiger partial charge in [0.25, 0.3) is 5.91 Å². The molecule has 38 heavy (non-hydrogen) atoms. The van der Waals surface area contributed by atoms with Crippen LogP contribution < -0.4 is 10.6 Å². The maximum Gasteiger partial charge on any atom is 0.255 e. The van der Waals surface area contributed by atoms with Crippen LogP contribution in [-0.2, 0) is 0 Å². The first kappa shape index (κ1) is 27.4. The van der Waals surface area contributed by atoms with Gasteiger partial charge in [0.2, 0.25) is 0 Å². The van der Waals surface area contributed by atoms with Crippen molar-refractivity contribution in [3.8, 4) is 11.9 Å². The number of pyridine rings is 2. The summed E-state index contributed by atoms with van der Waals surface area (Å²) in [4.78, 5) is 21.8. The molecule has 3 aromatic heterocycles. The van der Waals surface area contributed by atoms with E-state index in [1.807, 2.05) is 13.8 Å². The minimum absolute atomic E-state index is 0.0615. The Hall–Kier alpha value is -3.62. The average molecular weight is 524 g/mol. The van der Waals surface area contributed by atoms with E-state index in [0.29, 0.717) is 28.1 Å². The van der Waals surface area contributed by atoms with Crippen molar-refractivity contribution in [2.45, 2.75) is 76.8 Å². The van der Waals surface area contributed by atoms with E-state index in [-0.39, 0.29) is 24.1 Å². The van der Waals surface area contributed by atoms with Crippen LogP contribution in [0.4, 0.5) is 10.1 Å². The number of rotatable bonds is 8. The topological polar surface area (TPSA) is 149 Å². The molecule has 3 heterocycles. The van der Waals surface area contributed by atoms with Gasteiger partial charge >= 0.3 is 0 Å². The number of halogens is 1. The number of hydrogen-bond donors (Lipinski definition) is 4. The number of alkyl halides is 1. The molecule has 0 radical (unpaired) electrons. The molecule has 1 aliphatic rings. The van der Waals surface area contributed by atoms with E-state index in [1.165, 1.54) is 30.9 Å². The molecule has 10 nitrogen and oxygen atoms in total. The molecule has 0 saturated heterocycles. The van der Waals surface area contributed by atoms with Crippen LogP contribution in [0.25, 0.3) is 16.9 Å². The molecule has 1 aliphatic carbocycles. The lowest BCUT2D eigenvalue weighted by Crippen LogP contribution is -2.42. The summed E-state index contributed by atoms with van der Waals surface area (Å²) in [6.07, 6.45) is 6.10. The lowest BCUT2D eigenvalue weighted by molar-refractivity contribution is -0.00183. The lowest BCUT2D eigenvalue weighted by Gasteiger charge is -2.36. The van der Waals surface area contributed by atoms with Gasteiger partial charge in [-0.25, -0.2) is 14.4 Å². The zero-order valence-electron chi connectivity index (χ0n) is 22.1. The van der Waals surface area contributed by atoms with Gasteiger partial charge in [-0.3, -0.25) is 4.79 Å². The maximum atomic E-state index is 14.3. The van der Waals surface area contributed by atoms with Crippen molar-refractivity contribution in [2.75, 3.05) is 11.9 Å². The zero-order chi connectivity index (χ0) is 27.7. The van der Waals surface area contributed by atoms with Gasteiger partial charge in [0.1, 0.15) is 12.2 Å². The van der Waals surface area contributed by atoms with Crippen LogP contribution in [0.3, 0.4) is 0 Å². The Morgan fingerprint density at radius 1 is 1.16 bits per heavy atom. The summed E-state index contributed by atoms with van der Waals surface area (Å²) >= 11 is 0. The highest BCUT2D eigenvalue weighted by Crippen LogP contribution is 2.34. The first-order valence-corrected chi connectivity index (χ1v) is 12.7. The number of nitrogens with zero attached hydrogens (tertiary/aromatic N) is 5. The van der Waals surface area contributed by atoms with Crippen LogP contribution in [0.2, 0.25) is 0 Å². The molecule has 1 fully saturated rings. The Bertz CT molecular complexity index is 1350. The summed E-state index contributed by atoms with van der Waals surface area (Å²) < 4.78 is 15.8. The van der Waals surface area contributed by atoms with E-state index in [2.05, 4.69) is 31.8 Å². The minimum Gasteiger partial charge on any atom is -0.390 e. The predicted octanol–water partition coefficient (Wildman–Crippen LogP) is 3.27. The number of aliphatic hydroxyl groups is 2. The van der Waals surface area contributed by atoms with Gasteiger partial charge < -0.3 is 20.8 Å². The molecule has 1 saturated carbocycles. The summed E-state index contributed by atoms with van der Waals surface area (Å²) in [5.74, 6) is 0.0893. The molecule has 0 bridgehead atoms. The standard InChI is InChI=1S/C27H34FN7O3/c1-26(2,37)18-5-7-19(8-6-18)34-21-10-23(35-24-17(13-33-35)9-16(11-29)12-31-24)30-14-20(21)25(36)32-15-22(28)27(3,4)38/h9-10,12-14,18-19,22,37-38H,5-8,15H2,1-4H3,(H,30,34)(H,32,36)/t18?,19?,22-/m1/s1. The number of nitriles is 1. The van der Waals surface area contributed by atoms with Crippen molar-refractivity contribution < 1.29 is 19.4 Å². The largest absolute Gasteiger partial charge is 0.390 e. The van der Waals surface area contributed by atoms with Crippen molar-refractivity contribution in [3.05, 3.63) is 41.9 Å². The van der Waals surface area contributed by atoms with E-state index < -0.39 is 23.3 Å². The van der Waals surface area contributed by atoms with Crippen LogP contribution in [0, 0.1) is 17.2 Å². The van der Waals surface area contributed by atoms with Gasteiger partial charge in [0, 0.05) is 29.9 Å². The second kappa shape index (κ2) is 10.6. The van der Waals surface area contributed by atoms with Crippen molar-refractivity contribution in [1.29, 1.82) is 5.26 Å². The SMILES string of the molecule is CC(C)(O)C1CCC(Nc2cc(-n3ncc4cc(C#N)cnc43)ncc2C(=O)NC[C@@H](F)C(C)(C)O)CC1. The Morgan fingerprint density at radius 2 is 1.87 bits per heavy atom. The highest BCUT2D eigenvalue weighted by atomic mass is 19.1. The van der Waals surface area contributed by atoms with E-state index >= 15 is 0 Å². The number of amides is 1. The van der Waals surface area contributed by atoms with Gasteiger partial charge in [-0.2, -0.15) is 15.0 Å². The fourth-order valence-corrected chi connectivity index (χ4v) is 4.70. The van der Waals surface area contributed by atoms with Gasteiger partial charge in [0.05, 0.1) is 40.8 Å². The van der Waals surface area contributed by atoms with Crippen LogP contribution in [0.1, 0.15) is 69.3 Å². The van der Waals surface area contributed by atoms with Crippen molar-refractivity contribution in [3.63, 3.8) is 0 Å². The molecule has 1 amide bonds. The fraction of sp³-hybridized carbons (Fsp3) is 0.519. The minimum atomic E-state index is -1.65. The Balaban J connectivity index is 1.63. The van der Waals surface area contributed by atoms with Crippen molar-refractivity contribution in [2.24, 2.45) is 5.92 Å². The first-order valence-electron chi connectivity index (χ1n) is 12.7. The van der Waals surface area contributed by atoms with Gasteiger partial charge in [-0.1, -0.05) is 0 Å². The molecule has 4 rings (SSSR count). The fourth-order valence-electron chi connectivity index (χ4n) is 4.70. The number of hydrogen-bond acceptors (Lipinski definition) is 8. The molecule has 3 aromatic rings. The normalized spacial score (nSPS) is 19.1. The number of fused-ring (bicyclic) bond motifs is 1. The molecule has 1 atom stereocenters. The molecular formula is C27H34FN7O3. The van der Waals surface area contributed by atoms with E-state index in [1.54, 1.807) is 18.3 Å². The molecule has 0 spiro atoms. The third-order valence-corrected chi connectivity index (χ3v) is 7.18. The van der Waals surface area contributed by atoms with Crippen LogP contribution in [0.15, 0.2) is 30.7 Å². The van der Waals surface area contributed by atoms with Crippen molar-refractivity contribution >= 4 is 22.6 Å². The molecule has 0 aromatic carbocycles. The van der Waals surface area contributed by atoms with E-state index in [0.717, 1.165) is 25.7 Å². The number of anilines is 1. The average Bonchev–Trinajstić information content (AvgIpc) is 3.29. The Labute approximate surface area is 220 Å². The van der Waals surface area contributed by atoms with Crippen molar-refractivity contribution in [1.82, 2.24) is 25.1 Å². The van der Waals surface area contributed by atoms with Gasteiger partial charge in [-0.15, -0.1) is 0 Å². The van der Waals surface area contributed by atoms with Gasteiger partial charge in [0.15, 0.2) is 11.5 Å². The highest BCUT2D eigenvalue weighted by Gasteiger charge is 2.32. The molecule has 4 N–H and O–H groups in total. The number of carbonyl (C=O) groups excluding carboxylic acids is 1. The quantitative estimate of drug-likeness (QED) is 0.352.